The average molecular weight is 467 g/mol. The highest BCUT2D eigenvalue weighted by Gasteiger charge is 2.34. The van der Waals surface area contributed by atoms with Gasteiger partial charge >= 0.3 is 5.97 Å². The lowest BCUT2D eigenvalue weighted by molar-refractivity contribution is -0.145. The molecule has 0 fully saturated rings. The molecule has 0 saturated heterocycles. The maximum absolute atomic E-state index is 13.4. The third-order valence-corrected chi connectivity index (χ3v) is 5.39. The molecule has 2 aromatic rings. The number of carbonyl (C=O) groups is 2. The number of hydrogen-bond donors (Lipinski definition) is 0. The summed E-state index contributed by atoms with van der Waals surface area (Å²) in [5, 5.41) is 0.248. The van der Waals surface area contributed by atoms with E-state index >= 15 is 0 Å². The van der Waals surface area contributed by atoms with Gasteiger partial charge in [-0.05, 0) is 30.0 Å². The van der Waals surface area contributed by atoms with Crippen molar-refractivity contribution in [2.24, 2.45) is 5.92 Å². The largest absolute Gasteiger partial charge is 0.496 e. The number of methoxy groups -OCH3 is 1. The molecule has 0 radical (unpaired) electrons. The summed E-state index contributed by atoms with van der Waals surface area (Å²) in [6.07, 6.45) is 4.12. The zero-order chi connectivity index (χ0) is 23.2. The second-order valence-corrected chi connectivity index (χ2v) is 7.48. The van der Waals surface area contributed by atoms with E-state index in [1.165, 1.54) is 7.11 Å². The summed E-state index contributed by atoms with van der Waals surface area (Å²) in [5.74, 6) is -1.44. The summed E-state index contributed by atoms with van der Waals surface area (Å²) in [5.41, 5.74) is 0.770. The van der Waals surface area contributed by atoms with Gasteiger partial charge in [0, 0.05) is 0 Å². The van der Waals surface area contributed by atoms with Crippen LogP contribution in [0.4, 0.5) is 0 Å². The number of esters is 1. The van der Waals surface area contributed by atoms with Crippen LogP contribution in [0.1, 0.15) is 61.4 Å². The SMILES string of the molecule is CCCCC(CC)COC(=O)C(C(=O)c1c(Cl)cccc1OC)c1ccccc1.O=[PH3]. The number of ketones is 1. The summed E-state index contributed by atoms with van der Waals surface area (Å²) < 4.78 is 19.2. The summed E-state index contributed by atoms with van der Waals surface area (Å²) in [4.78, 5) is 26.4. The third-order valence-electron chi connectivity index (χ3n) is 5.08. The second kappa shape index (κ2) is 14.8. The van der Waals surface area contributed by atoms with E-state index in [0.29, 0.717) is 33.0 Å². The first-order chi connectivity index (χ1) is 15.0. The summed E-state index contributed by atoms with van der Waals surface area (Å²) >= 11 is 6.29. The number of unbranched alkanes of at least 4 members (excludes halogenated alkanes) is 1. The summed E-state index contributed by atoms with van der Waals surface area (Å²) in [6.45, 7) is 4.54. The van der Waals surface area contributed by atoms with E-state index in [1.807, 2.05) is 6.07 Å². The molecule has 0 N–H and O–H groups in total. The van der Waals surface area contributed by atoms with Crippen LogP contribution >= 0.6 is 20.7 Å². The Kier molecular flexibility index (Phi) is 12.9. The molecule has 2 rings (SSSR count). The fraction of sp³-hybridized carbons (Fsp3) is 0.417. The first-order valence-corrected chi connectivity index (χ1v) is 11.4. The molecule has 0 aliphatic rings. The van der Waals surface area contributed by atoms with Crippen LogP contribution in [0.5, 0.6) is 5.75 Å². The van der Waals surface area contributed by atoms with E-state index in [2.05, 4.69) is 13.8 Å². The molecule has 0 aromatic heterocycles. The lowest BCUT2D eigenvalue weighted by atomic mass is 9.90. The highest BCUT2D eigenvalue weighted by Crippen LogP contribution is 2.33. The van der Waals surface area contributed by atoms with E-state index in [9.17, 15) is 9.59 Å². The maximum atomic E-state index is 13.4. The van der Waals surface area contributed by atoms with Crippen LogP contribution < -0.4 is 4.74 Å². The number of benzene rings is 2. The molecule has 3 unspecified atom stereocenters. The predicted molar refractivity (Wildman–Crippen MR) is 128 cm³/mol. The molecule has 0 aliphatic carbocycles. The molecule has 0 saturated carbocycles. The van der Waals surface area contributed by atoms with Crippen LogP contribution in [-0.2, 0) is 14.1 Å². The average Bonchev–Trinajstić information content (AvgIpc) is 2.81. The fourth-order valence-electron chi connectivity index (χ4n) is 3.28. The number of Topliss-reactive ketones (excluding diaryl/α,β-unsaturated/α-hetero) is 1. The van der Waals surface area contributed by atoms with Crippen molar-refractivity contribution < 1.29 is 23.6 Å². The van der Waals surface area contributed by atoms with Crippen LogP contribution in [0.2, 0.25) is 5.02 Å². The number of rotatable bonds is 11. The molecule has 3 atom stereocenters. The molecule has 0 heterocycles. The molecule has 7 heteroatoms. The Labute approximate surface area is 191 Å². The lowest BCUT2D eigenvalue weighted by Gasteiger charge is -2.20. The van der Waals surface area contributed by atoms with Gasteiger partial charge in [-0.2, -0.15) is 0 Å². The Bertz CT molecular complexity index is 828. The number of halogens is 1. The maximum Gasteiger partial charge on any atom is 0.321 e. The zero-order valence-electron chi connectivity index (χ0n) is 18.4. The topological polar surface area (TPSA) is 69.7 Å². The molecule has 0 spiro atoms. The summed E-state index contributed by atoms with van der Waals surface area (Å²) in [7, 11) is 2.08. The van der Waals surface area contributed by atoms with Gasteiger partial charge in [-0.3, -0.25) is 9.59 Å². The minimum absolute atomic E-state index is 0.195. The van der Waals surface area contributed by atoms with E-state index in [1.54, 1.807) is 42.5 Å². The molecule has 0 amide bonds. The quantitative estimate of drug-likeness (QED) is 0.175. The minimum Gasteiger partial charge on any atom is -0.496 e. The van der Waals surface area contributed by atoms with Gasteiger partial charge in [0.25, 0.3) is 0 Å². The molecule has 0 aliphatic heterocycles. The van der Waals surface area contributed by atoms with Gasteiger partial charge in [0.05, 0.1) is 33.4 Å². The highest BCUT2D eigenvalue weighted by molar-refractivity contribution is 7.00. The van der Waals surface area contributed by atoms with Gasteiger partial charge in [0.15, 0.2) is 5.78 Å². The molecule has 5 nitrogen and oxygen atoms in total. The Balaban J connectivity index is 0.00000233. The third kappa shape index (κ3) is 7.83. The summed E-state index contributed by atoms with van der Waals surface area (Å²) in [6, 6.07) is 13.9. The van der Waals surface area contributed by atoms with Crippen LogP contribution in [-0.4, -0.2) is 25.5 Å². The van der Waals surface area contributed by atoms with Crippen molar-refractivity contribution in [2.75, 3.05) is 13.7 Å². The van der Waals surface area contributed by atoms with E-state index in [4.69, 9.17) is 25.6 Å². The van der Waals surface area contributed by atoms with Gasteiger partial charge in [0.1, 0.15) is 11.7 Å². The first kappa shape index (κ1) is 26.9. The van der Waals surface area contributed by atoms with Gasteiger partial charge in [-0.1, -0.05) is 81.1 Å². The number of hydrogen-bond acceptors (Lipinski definition) is 5. The van der Waals surface area contributed by atoms with Crippen LogP contribution in [0.3, 0.4) is 0 Å². The fourth-order valence-corrected chi connectivity index (χ4v) is 3.54. The molecular formula is C24H32ClO5P. The smallest absolute Gasteiger partial charge is 0.321 e. The van der Waals surface area contributed by atoms with E-state index in [0.717, 1.165) is 25.7 Å². The monoisotopic (exact) mass is 466 g/mol. The van der Waals surface area contributed by atoms with Crippen molar-refractivity contribution in [1.29, 1.82) is 0 Å². The van der Waals surface area contributed by atoms with Crippen molar-refractivity contribution in [3.63, 3.8) is 0 Å². The van der Waals surface area contributed by atoms with Gasteiger partial charge in [-0.25, -0.2) is 0 Å². The lowest BCUT2D eigenvalue weighted by Crippen LogP contribution is -2.27. The number of carbonyl (C=O) groups excluding carboxylic acids is 2. The van der Waals surface area contributed by atoms with Crippen LogP contribution in [0.25, 0.3) is 0 Å². The van der Waals surface area contributed by atoms with Crippen LogP contribution in [0, 0.1) is 5.92 Å². The van der Waals surface area contributed by atoms with Gasteiger partial charge < -0.3 is 14.0 Å². The molecular weight excluding hydrogens is 435 g/mol. The van der Waals surface area contributed by atoms with Crippen molar-refractivity contribution in [3.05, 3.63) is 64.7 Å². The molecule has 31 heavy (non-hydrogen) atoms. The van der Waals surface area contributed by atoms with Gasteiger partial charge in [-0.15, -0.1) is 0 Å². The van der Waals surface area contributed by atoms with Crippen molar-refractivity contribution in [3.8, 4) is 5.75 Å². The zero-order valence-corrected chi connectivity index (χ0v) is 20.6. The standard InChI is InChI=1S/C24H29ClO4.H3OP/c1-4-6-11-17(5-2)16-29-24(27)21(18-12-8-7-9-13-18)23(26)22-19(25)14-10-15-20(22)28-3;1-2/h7-10,12-15,17,21H,4-6,11,16H2,1-3H3;2H3. The Morgan fingerprint density at radius 3 is 2.29 bits per heavy atom. The minimum atomic E-state index is -1.09. The van der Waals surface area contributed by atoms with Crippen molar-refractivity contribution in [2.45, 2.75) is 45.4 Å². The molecule has 0 bridgehead atoms. The van der Waals surface area contributed by atoms with Gasteiger partial charge in [0.2, 0.25) is 0 Å². The van der Waals surface area contributed by atoms with Crippen molar-refractivity contribution in [1.82, 2.24) is 0 Å². The van der Waals surface area contributed by atoms with Crippen LogP contribution in [0.15, 0.2) is 48.5 Å². The number of ether oxygens (including phenoxy) is 2. The Morgan fingerprint density at radius 1 is 1.03 bits per heavy atom. The Morgan fingerprint density at radius 2 is 1.71 bits per heavy atom. The molecule has 170 valence electrons. The Hall–Kier alpha value is -2.10. The predicted octanol–water partition coefficient (Wildman–Crippen LogP) is 6.01. The first-order valence-electron chi connectivity index (χ1n) is 10.4. The second-order valence-electron chi connectivity index (χ2n) is 7.07. The van der Waals surface area contributed by atoms with E-state index in [-0.39, 0.29) is 10.6 Å². The van der Waals surface area contributed by atoms with Crippen molar-refractivity contribution >= 4 is 32.5 Å². The normalized spacial score (nSPS) is 12.3. The highest BCUT2D eigenvalue weighted by atomic mass is 35.5. The molecule has 2 aromatic carbocycles. The van der Waals surface area contributed by atoms with E-state index < -0.39 is 17.7 Å².